The molecular formula is C14H12ClNO. The van der Waals surface area contributed by atoms with Gasteiger partial charge in [0.1, 0.15) is 0 Å². The predicted octanol–water partition coefficient (Wildman–Crippen LogP) is -0.668. The van der Waals surface area contributed by atoms with Crippen molar-refractivity contribution in [1.29, 1.82) is 0 Å². The lowest BCUT2D eigenvalue weighted by Gasteiger charge is -1.90. The molecule has 0 atom stereocenters. The van der Waals surface area contributed by atoms with E-state index in [1.807, 2.05) is 54.6 Å². The molecule has 2 nitrogen and oxygen atoms in total. The maximum Gasteiger partial charge on any atom is 0.417 e. The number of nitrogens with zero attached hydrogens (tertiary/aromatic N) is 1. The third-order valence-corrected chi connectivity index (χ3v) is 2.19. The van der Waals surface area contributed by atoms with Gasteiger partial charge in [0.25, 0.3) is 0 Å². The van der Waals surface area contributed by atoms with Crippen molar-refractivity contribution in [3.63, 3.8) is 0 Å². The highest BCUT2D eigenvalue weighted by atomic mass is 35.5. The van der Waals surface area contributed by atoms with Gasteiger partial charge in [-0.2, -0.15) is 0 Å². The van der Waals surface area contributed by atoms with Crippen LogP contribution in [0.5, 0.6) is 0 Å². The van der Waals surface area contributed by atoms with E-state index in [4.69, 9.17) is 0 Å². The van der Waals surface area contributed by atoms with Crippen LogP contribution in [0.2, 0.25) is 0 Å². The lowest BCUT2D eigenvalue weighted by Crippen LogP contribution is -3.00. The van der Waals surface area contributed by atoms with Gasteiger partial charge in [-0.25, -0.2) is 4.79 Å². The summed E-state index contributed by atoms with van der Waals surface area (Å²) in [5.74, 6) is -0.0514. The summed E-state index contributed by atoms with van der Waals surface area (Å²) in [6, 6.07) is 15.3. The molecule has 2 aromatic rings. The minimum atomic E-state index is -0.0514. The standard InChI is InChI=1S/C14H12NO.ClH/c16-14(15-11-5-2-6-12-15)10-9-13-7-3-1-4-8-13;/h1-12H;1H/q+1;/p-1. The monoisotopic (exact) mass is 245 g/mol. The minimum Gasteiger partial charge on any atom is -1.00 e. The van der Waals surface area contributed by atoms with E-state index >= 15 is 0 Å². The molecule has 0 aliphatic carbocycles. The molecular weight excluding hydrogens is 234 g/mol. The lowest BCUT2D eigenvalue weighted by molar-refractivity contribution is -0.570. The van der Waals surface area contributed by atoms with Crippen molar-refractivity contribution in [2.45, 2.75) is 0 Å². The first kappa shape index (κ1) is 13.1. The Balaban J connectivity index is 0.00000144. The van der Waals surface area contributed by atoms with E-state index < -0.39 is 0 Å². The Morgan fingerprint density at radius 3 is 2.18 bits per heavy atom. The molecule has 0 saturated carbocycles. The number of halogens is 1. The van der Waals surface area contributed by atoms with Gasteiger partial charge in [-0.3, -0.25) is 0 Å². The van der Waals surface area contributed by atoms with E-state index in [1.165, 1.54) is 0 Å². The van der Waals surface area contributed by atoms with Crippen molar-refractivity contribution in [2.24, 2.45) is 0 Å². The van der Waals surface area contributed by atoms with E-state index in [-0.39, 0.29) is 18.3 Å². The average molecular weight is 246 g/mol. The second-order valence-corrected chi connectivity index (χ2v) is 3.37. The van der Waals surface area contributed by atoms with Crippen LogP contribution < -0.4 is 17.0 Å². The summed E-state index contributed by atoms with van der Waals surface area (Å²) in [4.78, 5) is 11.7. The van der Waals surface area contributed by atoms with Gasteiger partial charge in [0.15, 0.2) is 12.4 Å². The molecule has 2 rings (SSSR count). The van der Waals surface area contributed by atoms with Crippen LogP contribution in [0.25, 0.3) is 6.08 Å². The molecule has 0 aliphatic rings. The molecule has 0 bridgehead atoms. The Kier molecular flexibility index (Phi) is 5.11. The fraction of sp³-hybridized carbons (Fsp3) is 0. The van der Waals surface area contributed by atoms with Gasteiger partial charge in [-0.1, -0.05) is 36.4 Å². The first-order valence-electron chi connectivity index (χ1n) is 5.10. The van der Waals surface area contributed by atoms with Crippen molar-refractivity contribution >= 4 is 12.0 Å². The van der Waals surface area contributed by atoms with Gasteiger partial charge < -0.3 is 12.4 Å². The Morgan fingerprint density at radius 1 is 0.941 bits per heavy atom. The number of hydrogen-bond donors (Lipinski definition) is 0. The number of carbonyl (C=O) groups is 1. The minimum absolute atomic E-state index is 0. The zero-order chi connectivity index (χ0) is 11.2. The van der Waals surface area contributed by atoms with Gasteiger partial charge >= 0.3 is 5.91 Å². The first-order valence-corrected chi connectivity index (χ1v) is 5.10. The number of allylic oxidation sites excluding steroid dienone is 1. The molecule has 0 fully saturated rings. The van der Waals surface area contributed by atoms with Gasteiger partial charge in [0.2, 0.25) is 0 Å². The van der Waals surface area contributed by atoms with Crippen molar-refractivity contribution in [3.8, 4) is 0 Å². The zero-order valence-corrected chi connectivity index (χ0v) is 9.92. The van der Waals surface area contributed by atoms with Crippen molar-refractivity contribution in [1.82, 2.24) is 0 Å². The second kappa shape index (κ2) is 6.61. The van der Waals surface area contributed by atoms with Crippen LogP contribution in [-0.2, 0) is 0 Å². The third kappa shape index (κ3) is 3.85. The first-order chi connectivity index (χ1) is 7.86. The molecule has 0 radical (unpaired) electrons. The van der Waals surface area contributed by atoms with Crippen LogP contribution in [-0.4, -0.2) is 5.91 Å². The van der Waals surface area contributed by atoms with Gasteiger partial charge in [-0.15, -0.1) is 4.57 Å². The second-order valence-electron chi connectivity index (χ2n) is 3.37. The van der Waals surface area contributed by atoms with Gasteiger partial charge in [0.05, 0.1) is 6.08 Å². The molecule has 3 heteroatoms. The quantitative estimate of drug-likeness (QED) is 0.508. The van der Waals surface area contributed by atoms with E-state index in [9.17, 15) is 4.79 Å². The van der Waals surface area contributed by atoms with Gasteiger partial charge in [-0.05, 0) is 11.6 Å². The molecule has 0 aliphatic heterocycles. The number of rotatable bonds is 2. The van der Waals surface area contributed by atoms with Crippen LogP contribution >= 0.6 is 0 Å². The van der Waals surface area contributed by atoms with E-state index in [1.54, 1.807) is 23.0 Å². The molecule has 17 heavy (non-hydrogen) atoms. The summed E-state index contributed by atoms with van der Waals surface area (Å²) < 4.78 is 1.54. The molecule has 86 valence electrons. The molecule has 0 N–H and O–H groups in total. The topological polar surface area (TPSA) is 20.9 Å². The largest absolute Gasteiger partial charge is 1.00 e. The summed E-state index contributed by atoms with van der Waals surface area (Å²) in [6.07, 6.45) is 6.84. The normalized spacial score (nSPS) is 9.88. The summed E-state index contributed by atoms with van der Waals surface area (Å²) in [5.41, 5.74) is 1.02. The highest BCUT2D eigenvalue weighted by Crippen LogP contribution is 2.00. The number of carbonyl (C=O) groups excluding carboxylic acids is 1. The summed E-state index contributed by atoms with van der Waals surface area (Å²) in [7, 11) is 0. The van der Waals surface area contributed by atoms with Crippen molar-refractivity contribution in [2.75, 3.05) is 0 Å². The number of benzene rings is 1. The van der Waals surface area contributed by atoms with Crippen molar-refractivity contribution < 1.29 is 21.8 Å². The number of pyridine rings is 1. The summed E-state index contributed by atoms with van der Waals surface area (Å²) in [6.45, 7) is 0. The zero-order valence-electron chi connectivity index (χ0n) is 9.16. The molecule has 1 heterocycles. The number of aromatic nitrogens is 1. The Hall–Kier alpha value is -1.93. The number of hydrogen-bond acceptors (Lipinski definition) is 1. The predicted molar refractivity (Wildman–Crippen MR) is 62.7 cm³/mol. The fourth-order valence-corrected chi connectivity index (χ4v) is 1.36. The Bertz CT molecular complexity index is 494. The third-order valence-electron chi connectivity index (χ3n) is 2.19. The molecule has 0 amide bonds. The van der Waals surface area contributed by atoms with E-state index in [2.05, 4.69) is 0 Å². The van der Waals surface area contributed by atoms with Crippen LogP contribution in [0.15, 0.2) is 67.0 Å². The maximum absolute atomic E-state index is 11.7. The highest BCUT2D eigenvalue weighted by Gasteiger charge is 2.06. The van der Waals surface area contributed by atoms with Crippen molar-refractivity contribution in [3.05, 3.63) is 72.6 Å². The SMILES string of the molecule is O=C(C=Cc1ccccc1)[n+]1ccccc1.[Cl-]. The molecule has 0 spiro atoms. The fourth-order valence-electron chi connectivity index (χ4n) is 1.36. The molecule has 1 aromatic carbocycles. The van der Waals surface area contributed by atoms with E-state index in [0.717, 1.165) is 5.56 Å². The highest BCUT2D eigenvalue weighted by molar-refractivity contribution is 5.84. The van der Waals surface area contributed by atoms with E-state index in [0.29, 0.717) is 0 Å². The Labute approximate surface area is 107 Å². The summed E-state index contributed by atoms with van der Waals surface area (Å²) >= 11 is 0. The average Bonchev–Trinajstić information content (AvgIpc) is 2.38. The van der Waals surface area contributed by atoms with Crippen LogP contribution in [0.3, 0.4) is 0 Å². The molecule has 1 aromatic heterocycles. The smallest absolute Gasteiger partial charge is 0.417 e. The molecule has 0 saturated heterocycles. The van der Waals surface area contributed by atoms with Gasteiger partial charge in [0, 0.05) is 12.1 Å². The Morgan fingerprint density at radius 2 is 1.53 bits per heavy atom. The van der Waals surface area contributed by atoms with Crippen LogP contribution in [0.4, 0.5) is 0 Å². The van der Waals surface area contributed by atoms with Crippen LogP contribution in [0, 0.1) is 0 Å². The maximum atomic E-state index is 11.7. The molecule has 0 unspecified atom stereocenters. The lowest BCUT2D eigenvalue weighted by atomic mass is 10.2. The summed E-state index contributed by atoms with van der Waals surface area (Å²) in [5, 5.41) is 0. The van der Waals surface area contributed by atoms with Crippen LogP contribution in [0.1, 0.15) is 10.4 Å².